The van der Waals surface area contributed by atoms with Crippen LogP contribution in [0.1, 0.15) is 36.3 Å². The third kappa shape index (κ3) is 5.22. The second-order valence-electron chi connectivity index (χ2n) is 13.0. The number of hydrogen-bond donors (Lipinski definition) is 0. The van der Waals surface area contributed by atoms with Crippen LogP contribution in [0.5, 0.6) is 0 Å². The van der Waals surface area contributed by atoms with Crippen molar-refractivity contribution in [1.82, 2.24) is 15.0 Å². The van der Waals surface area contributed by atoms with Crippen molar-refractivity contribution in [3.05, 3.63) is 179 Å². The van der Waals surface area contributed by atoms with Crippen LogP contribution < -0.4 is 10.4 Å². The molecule has 4 aromatic carbocycles. The molecule has 0 saturated heterocycles. The zero-order valence-corrected chi connectivity index (χ0v) is 26.7. The second-order valence-corrected chi connectivity index (χ2v) is 13.0. The van der Waals surface area contributed by atoms with Crippen molar-refractivity contribution < 1.29 is 0 Å². The average molecular weight is 618 g/mol. The van der Waals surface area contributed by atoms with E-state index < -0.39 is 0 Å². The van der Waals surface area contributed by atoms with Gasteiger partial charge in [0.25, 0.3) is 0 Å². The summed E-state index contributed by atoms with van der Waals surface area (Å²) in [5.74, 6) is 3.27. The van der Waals surface area contributed by atoms with Crippen molar-refractivity contribution in [3.63, 3.8) is 0 Å². The summed E-state index contributed by atoms with van der Waals surface area (Å²) in [6.07, 6.45) is 23.9. The van der Waals surface area contributed by atoms with Crippen LogP contribution in [0.2, 0.25) is 0 Å². The molecule has 9 rings (SSSR count). The minimum absolute atomic E-state index is 0.346. The van der Waals surface area contributed by atoms with Crippen molar-refractivity contribution in [1.29, 1.82) is 0 Å². The number of allylic oxidation sites excluding steroid dienone is 10. The molecule has 0 spiro atoms. The highest BCUT2D eigenvalue weighted by atomic mass is 15.0. The topological polar surface area (TPSA) is 38.7 Å². The highest BCUT2D eigenvalue weighted by Crippen LogP contribution is 2.44. The molecular weight excluding hydrogens is 583 g/mol. The highest BCUT2D eigenvalue weighted by Gasteiger charge is 2.33. The van der Waals surface area contributed by atoms with Gasteiger partial charge in [-0.15, -0.1) is 0 Å². The molecular formula is C45H35N3. The fourth-order valence-electron chi connectivity index (χ4n) is 7.76. The third-order valence-corrected chi connectivity index (χ3v) is 10.2. The fourth-order valence-corrected chi connectivity index (χ4v) is 7.76. The van der Waals surface area contributed by atoms with E-state index in [1.807, 2.05) is 18.2 Å². The Labute approximate surface area is 281 Å². The lowest BCUT2D eigenvalue weighted by atomic mass is 9.67. The lowest BCUT2D eigenvalue weighted by Gasteiger charge is -2.36. The number of benzene rings is 4. The predicted molar refractivity (Wildman–Crippen MR) is 197 cm³/mol. The van der Waals surface area contributed by atoms with E-state index in [2.05, 4.69) is 140 Å². The molecule has 1 aromatic heterocycles. The van der Waals surface area contributed by atoms with Gasteiger partial charge >= 0.3 is 0 Å². The molecule has 0 aliphatic heterocycles. The first kappa shape index (κ1) is 28.5. The minimum atomic E-state index is 0.346. The van der Waals surface area contributed by atoms with Gasteiger partial charge in [0.1, 0.15) is 0 Å². The zero-order chi connectivity index (χ0) is 31.9. The Balaban J connectivity index is 1.07. The summed E-state index contributed by atoms with van der Waals surface area (Å²) in [6.45, 7) is 0. The van der Waals surface area contributed by atoms with Gasteiger partial charge in [-0.05, 0) is 69.5 Å². The van der Waals surface area contributed by atoms with Crippen LogP contribution >= 0.6 is 0 Å². The first-order valence-electron chi connectivity index (χ1n) is 17.0. The van der Waals surface area contributed by atoms with Gasteiger partial charge in [-0.25, -0.2) is 15.0 Å². The third-order valence-electron chi connectivity index (χ3n) is 10.2. The molecule has 0 amide bonds. The van der Waals surface area contributed by atoms with Gasteiger partial charge in [-0.2, -0.15) is 0 Å². The van der Waals surface area contributed by atoms with Gasteiger partial charge in [0.15, 0.2) is 17.5 Å². The van der Waals surface area contributed by atoms with Crippen LogP contribution in [-0.4, -0.2) is 15.0 Å². The molecule has 0 N–H and O–H groups in total. The summed E-state index contributed by atoms with van der Waals surface area (Å²) < 4.78 is 0. The van der Waals surface area contributed by atoms with Gasteiger partial charge in [0.05, 0.1) is 0 Å². The lowest BCUT2D eigenvalue weighted by Crippen LogP contribution is -2.40. The molecule has 0 bridgehead atoms. The standard InChI is InChI=1S/C45H35N3/c1-3-12-30(13-4-1)34-16-11-17-36(28-34)45-47-43(32-14-5-2-6-15-32)46-44(48-45)33-24-22-31(23-25-33)35-26-27-41-39-20-8-7-18-37(39)38-19-9-10-21-40(38)42(41)29-35/h2-3,5-28,35,40,42H,1,4,29H2. The Morgan fingerprint density at radius 2 is 1.21 bits per heavy atom. The van der Waals surface area contributed by atoms with E-state index in [-0.39, 0.29) is 0 Å². The summed E-state index contributed by atoms with van der Waals surface area (Å²) in [4.78, 5) is 15.0. The summed E-state index contributed by atoms with van der Waals surface area (Å²) in [6, 6.07) is 36.5. The van der Waals surface area contributed by atoms with Gasteiger partial charge in [-0.3, -0.25) is 0 Å². The van der Waals surface area contributed by atoms with Crippen molar-refractivity contribution in [2.45, 2.75) is 25.2 Å². The zero-order valence-electron chi connectivity index (χ0n) is 26.7. The molecule has 4 aliphatic carbocycles. The Morgan fingerprint density at radius 1 is 0.521 bits per heavy atom. The van der Waals surface area contributed by atoms with Crippen LogP contribution in [0.15, 0.2) is 158 Å². The average Bonchev–Trinajstić information content (AvgIpc) is 3.18. The maximum absolute atomic E-state index is 5.05. The lowest BCUT2D eigenvalue weighted by molar-refractivity contribution is 0.496. The first-order chi connectivity index (χ1) is 23.8. The first-order valence-corrected chi connectivity index (χ1v) is 17.0. The Hall–Kier alpha value is -5.67. The molecule has 3 heteroatoms. The summed E-state index contributed by atoms with van der Waals surface area (Å²) in [5.41, 5.74) is 9.63. The monoisotopic (exact) mass is 617 g/mol. The highest BCUT2D eigenvalue weighted by molar-refractivity contribution is 5.78. The number of nitrogens with zero attached hydrogens (tertiary/aromatic N) is 3. The van der Waals surface area contributed by atoms with E-state index >= 15 is 0 Å². The largest absolute Gasteiger partial charge is 0.208 e. The Bertz CT molecular complexity index is 2320. The van der Waals surface area contributed by atoms with Gasteiger partial charge < -0.3 is 0 Å². The minimum Gasteiger partial charge on any atom is -0.208 e. The summed E-state index contributed by atoms with van der Waals surface area (Å²) in [5, 5.41) is 2.76. The smallest absolute Gasteiger partial charge is 0.164 e. The summed E-state index contributed by atoms with van der Waals surface area (Å²) >= 11 is 0. The van der Waals surface area contributed by atoms with E-state index in [1.165, 1.54) is 38.3 Å². The van der Waals surface area contributed by atoms with Crippen LogP contribution in [0.4, 0.5) is 0 Å². The Kier molecular flexibility index (Phi) is 7.24. The van der Waals surface area contributed by atoms with Crippen molar-refractivity contribution in [2.24, 2.45) is 11.8 Å². The van der Waals surface area contributed by atoms with E-state index in [9.17, 15) is 0 Å². The van der Waals surface area contributed by atoms with Crippen LogP contribution in [0.3, 0.4) is 0 Å². The quantitative estimate of drug-likeness (QED) is 0.198. The molecule has 3 unspecified atom stereocenters. The molecule has 0 radical (unpaired) electrons. The number of rotatable bonds is 5. The van der Waals surface area contributed by atoms with Gasteiger partial charge in [0, 0.05) is 28.5 Å². The normalized spacial score (nSPS) is 20.6. The maximum Gasteiger partial charge on any atom is 0.164 e. The van der Waals surface area contributed by atoms with Crippen molar-refractivity contribution in [2.75, 3.05) is 0 Å². The van der Waals surface area contributed by atoms with Gasteiger partial charge in [0.2, 0.25) is 0 Å². The van der Waals surface area contributed by atoms with Crippen LogP contribution in [-0.2, 0) is 0 Å². The molecule has 3 atom stereocenters. The van der Waals surface area contributed by atoms with E-state index in [1.54, 1.807) is 0 Å². The molecule has 48 heavy (non-hydrogen) atoms. The Morgan fingerprint density at radius 3 is 1.98 bits per heavy atom. The molecule has 4 aliphatic rings. The van der Waals surface area contributed by atoms with Crippen molar-refractivity contribution >= 4 is 16.7 Å². The number of aromatic nitrogens is 3. The molecule has 5 aromatic rings. The molecule has 0 saturated carbocycles. The maximum atomic E-state index is 5.05. The SMILES string of the molecule is C1=CC2=c3ccccc3=C3C=CC(c4ccc(-c5nc(-c6ccccc6)nc(-c6cccc(C7=CCCC=C7)c6)n5)cc4)CC3C2C=C1. The van der Waals surface area contributed by atoms with Crippen molar-refractivity contribution in [3.8, 4) is 34.2 Å². The van der Waals surface area contributed by atoms with Crippen LogP contribution in [0.25, 0.3) is 50.9 Å². The number of hydrogen-bond acceptors (Lipinski definition) is 3. The van der Waals surface area contributed by atoms with Gasteiger partial charge in [-0.1, -0.05) is 152 Å². The molecule has 230 valence electrons. The predicted octanol–water partition coefficient (Wildman–Crippen LogP) is 9.02. The molecule has 0 fully saturated rings. The fraction of sp³-hybridized carbons (Fsp3) is 0.133. The second kappa shape index (κ2) is 12.2. The molecule has 3 nitrogen and oxygen atoms in total. The number of fused-ring (bicyclic) bond motifs is 4. The summed E-state index contributed by atoms with van der Waals surface area (Å²) in [7, 11) is 0. The van der Waals surface area contributed by atoms with Crippen LogP contribution in [0, 0.1) is 11.8 Å². The molecule has 1 heterocycles. The van der Waals surface area contributed by atoms with E-state index in [4.69, 9.17) is 15.0 Å². The van der Waals surface area contributed by atoms with E-state index in [0.29, 0.717) is 35.2 Å². The van der Waals surface area contributed by atoms with E-state index in [0.717, 1.165) is 36.0 Å².